The van der Waals surface area contributed by atoms with E-state index in [4.69, 9.17) is 19.9 Å². The van der Waals surface area contributed by atoms with Crippen molar-refractivity contribution in [2.45, 2.75) is 25.4 Å². The van der Waals surface area contributed by atoms with Gasteiger partial charge in [-0.2, -0.15) is 0 Å². The van der Waals surface area contributed by atoms with Gasteiger partial charge in [0.15, 0.2) is 6.79 Å². The Balaban J connectivity index is 1.93. The summed E-state index contributed by atoms with van der Waals surface area (Å²) < 4.78 is 15.9. The van der Waals surface area contributed by atoms with Crippen molar-refractivity contribution in [1.29, 1.82) is 0 Å². The molecule has 0 heterocycles. The molecule has 1 atom stereocenters. The number of hydrogen-bond acceptors (Lipinski definition) is 4. The molecule has 2 aromatic carbocycles. The molecule has 0 fully saturated rings. The van der Waals surface area contributed by atoms with Crippen molar-refractivity contribution in [3.63, 3.8) is 0 Å². The van der Waals surface area contributed by atoms with Gasteiger partial charge >= 0.3 is 6.09 Å². The van der Waals surface area contributed by atoms with Crippen LogP contribution in [-0.2, 0) is 15.9 Å². The molecule has 0 aliphatic heterocycles. The highest BCUT2D eigenvalue weighted by Gasteiger charge is 2.23. The predicted octanol–water partition coefficient (Wildman–Crippen LogP) is 3.81. The topological polar surface area (TPSA) is 70.8 Å². The van der Waals surface area contributed by atoms with Gasteiger partial charge in [0.25, 0.3) is 0 Å². The Labute approximate surface area is 141 Å². The Hall–Kier alpha value is -2.53. The molecule has 1 aliphatic carbocycles. The summed E-state index contributed by atoms with van der Waals surface area (Å²) in [4.78, 5) is 11.1. The molecule has 2 aromatic rings. The van der Waals surface area contributed by atoms with Crippen LogP contribution in [-0.4, -0.2) is 20.0 Å². The quantitative estimate of drug-likeness (QED) is 0.848. The summed E-state index contributed by atoms with van der Waals surface area (Å²) >= 11 is 0. The van der Waals surface area contributed by atoms with Crippen molar-refractivity contribution >= 4 is 6.09 Å². The maximum Gasteiger partial charge on any atom is 0.405 e. The summed E-state index contributed by atoms with van der Waals surface area (Å²) in [6.07, 6.45) is 1.76. The van der Waals surface area contributed by atoms with Crippen molar-refractivity contribution in [2.75, 3.05) is 13.9 Å². The largest absolute Gasteiger partial charge is 0.467 e. The van der Waals surface area contributed by atoms with Crippen LogP contribution in [0, 0.1) is 0 Å². The van der Waals surface area contributed by atoms with Crippen molar-refractivity contribution in [3.05, 3.63) is 53.6 Å². The number of hydrogen-bond donors (Lipinski definition) is 1. The highest BCUT2D eigenvalue weighted by Crippen LogP contribution is 2.37. The second-order valence-electron chi connectivity index (χ2n) is 5.78. The second kappa shape index (κ2) is 7.36. The number of carbonyl (C=O) groups excluding carboxylic acids is 1. The number of fused-ring (bicyclic) bond motifs is 1. The third-order valence-corrected chi connectivity index (χ3v) is 4.19. The molecule has 3 rings (SSSR count). The highest BCUT2D eigenvalue weighted by atomic mass is 16.7. The van der Waals surface area contributed by atoms with Gasteiger partial charge in [-0.15, -0.1) is 0 Å². The van der Waals surface area contributed by atoms with Crippen LogP contribution < -0.4 is 10.5 Å². The Morgan fingerprint density at radius 1 is 1.25 bits per heavy atom. The number of primary amides is 1. The van der Waals surface area contributed by atoms with Crippen LogP contribution in [0.1, 0.15) is 30.1 Å². The molecule has 1 amide bonds. The van der Waals surface area contributed by atoms with Crippen molar-refractivity contribution < 1.29 is 19.0 Å². The molecule has 0 saturated carbocycles. The summed E-state index contributed by atoms with van der Waals surface area (Å²) in [5.74, 6) is 0.778. The minimum absolute atomic E-state index is 0.205. The molecule has 0 spiro atoms. The fourth-order valence-corrected chi connectivity index (χ4v) is 3.15. The molecule has 0 radical (unpaired) electrons. The van der Waals surface area contributed by atoms with E-state index in [2.05, 4.69) is 6.07 Å². The van der Waals surface area contributed by atoms with Gasteiger partial charge in [0.1, 0.15) is 11.9 Å². The number of amides is 1. The lowest BCUT2D eigenvalue weighted by molar-refractivity contribution is 0.0515. The van der Waals surface area contributed by atoms with Crippen LogP contribution in [0.3, 0.4) is 0 Å². The first-order valence-corrected chi connectivity index (χ1v) is 7.99. The molecule has 24 heavy (non-hydrogen) atoms. The van der Waals surface area contributed by atoms with Crippen molar-refractivity contribution in [2.24, 2.45) is 5.73 Å². The Bertz CT molecular complexity index is 729. The number of para-hydroxylation sites is 1. The molecule has 0 bridgehead atoms. The van der Waals surface area contributed by atoms with E-state index >= 15 is 0 Å². The average molecular weight is 327 g/mol. The van der Waals surface area contributed by atoms with E-state index in [0.717, 1.165) is 41.7 Å². The summed E-state index contributed by atoms with van der Waals surface area (Å²) in [5.41, 5.74) is 9.48. The lowest BCUT2D eigenvalue weighted by Crippen LogP contribution is -2.20. The summed E-state index contributed by atoms with van der Waals surface area (Å²) in [6, 6.07) is 14.0. The first kappa shape index (κ1) is 16.3. The smallest absolute Gasteiger partial charge is 0.405 e. The van der Waals surface area contributed by atoms with E-state index in [9.17, 15) is 4.79 Å². The fourth-order valence-electron chi connectivity index (χ4n) is 3.15. The van der Waals surface area contributed by atoms with Crippen LogP contribution in [0.25, 0.3) is 11.1 Å². The van der Waals surface area contributed by atoms with Crippen LogP contribution in [0.2, 0.25) is 0 Å². The molecule has 2 N–H and O–H groups in total. The van der Waals surface area contributed by atoms with Gasteiger partial charge in [-0.05, 0) is 42.0 Å². The molecule has 0 saturated heterocycles. The van der Waals surface area contributed by atoms with E-state index < -0.39 is 6.09 Å². The lowest BCUT2D eigenvalue weighted by atomic mass is 9.87. The maximum absolute atomic E-state index is 11.1. The summed E-state index contributed by atoms with van der Waals surface area (Å²) in [6.45, 7) is 0.205. The molecule has 5 heteroatoms. The third kappa shape index (κ3) is 3.51. The van der Waals surface area contributed by atoms with Gasteiger partial charge in [-0.3, -0.25) is 0 Å². The highest BCUT2D eigenvalue weighted by molar-refractivity contribution is 5.72. The SMILES string of the molecule is COCOc1ccccc1-c1ccc2c(c1)CCCC2OC(N)=O. The number of benzene rings is 2. The van der Waals surface area contributed by atoms with E-state index in [1.165, 1.54) is 5.56 Å². The van der Waals surface area contributed by atoms with E-state index in [0.29, 0.717) is 0 Å². The molecule has 0 aromatic heterocycles. The molecule has 126 valence electrons. The van der Waals surface area contributed by atoms with Gasteiger partial charge in [0.05, 0.1) is 0 Å². The van der Waals surface area contributed by atoms with Gasteiger partial charge in [0.2, 0.25) is 0 Å². The van der Waals surface area contributed by atoms with Crippen LogP contribution in [0.4, 0.5) is 4.79 Å². The van der Waals surface area contributed by atoms with Crippen LogP contribution in [0.15, 0.2) is 42.5 Å². The zero-order chi connectivity index (χ0) is 16.9. The minimum atomic E-state index is -0.727. The van der Waals surface area contributed by atoms with E-state index in [1.807, 2.05) is 36.4 Å². The average Bonchev–Trinajstić information content (AvgIpc) is 2.59. The predicted molar refractivity (Wildman–Crippen MR) is 90.7 cm³/mol. The number of ether oxygens (including phenoxy) is 3. The summed E-state index contributed by atoms with van der Waals surface area (Å²) in [5, 5.41) is 0. The van der Waals surface area contributed by atoms with E-state index in [-0.39, 0.29) is 12.9 Å². The lowest BCUT2D eigenvalue weighted by Gasteiger charge is -2.25. The van der Waals surface area contributed by atoms with Crippen LogP contribution >= 0.6 is 0 Å². The second-order valence-corrected chi connectivity index (χ2v) is 5.78. The first-order valence-electron chi connectivity index (χ1n) is 7.99. The third-order valence-electron chi connectivity index (χ3n) is 4.19. The molecule has 1 aliphatic rings. The number of nitrogens with two attached hydrogens (primary N) is 1. The molecule has 5 nitrogen and oxygen atoms in total. The van der Waals surface area contributed by atoms with Gasteiger partial charge in [-0.25, -0.2) is 4.79 Å². The molecule has 1 unspecified atom stereocenters. The Morgan fingerprint density at radius 2 is 2.08 bits per heavy atom. The van der Waals surface area contributed by atoms with Gasteiger partial charge < -0.3 is 19.9 Å². The minimum Gasteiger partial charge on any atom is -0.467 e. The first-order chi connectivity index (χ1) is 11.7. The number of methoxy groups -OCH3 is 1. The Kier molecular flexibility index (Phi) is 5.01. The van der Waals surface area contributed by atoms with Crippen molar-refractivity contribution in [3.8, 4) is 16.9 Å². The number of rotatable bonds is 5. The molecular formula is C19H21NO4. The zero-order valence-corrected chi connectivity index (χ0v) is 13.7. The number of aryl methyl sites for hydroxylation is 1. The Morgan fingerprint density at radius 3 is 2.88 bits per heavy atom. The van der Waals surface area contributed by atoms with Crippen molar-refractivity contribution in [1.82, 2.24) is 0 Å². The van der Waals surface area contributed by atoms with E-state index in [1.54, 1.807) is 7.11 Å². The monoisotopic (exact) mass is 327 g/mol. The number of carbonyl (C=O) groups is 1. The summed E-state index contributed by atoms with van der Waals surface area (Å²) in [7, 11) is 1.60. The standard InChI is InChI=1S/C19H21NO4/c1-22-12-23-17-7-3-2-6-15(17)14-9-10-16-13(11-14)5-4-8-18(16)24-19(20)21/h2-3,6-7,9-11,18H,4-5,8,12H2,1H3,(H2,20,21). The fraction of sp³-hybridized carbons (Fsp3) is 0.316. The van der Waals surface area contributed by atoms with Gasteiger partial charge in [0, 0.05) is 12.7 Å². The van der Waals surface area contributed by atoms with Crippen LogP contribution in [0.5, 0.6) is 5.75 Å². The zero-order valence-electron chi connectivity index (χ0n) is 13.7. The van der Waals surface area contributed by atoms with Gasteiger partial charge in [-0.1, -0.05) is 36.4 Å². The maximum atomic E-state index is 11.1. The molecular weight excluding hydrogens is 306 g/mol. The normalized spacial score (nSPS) is 16.3.